The molecule has 0 spiro atoms. The Hall–Kier alpha value is -1.08. The van der Waals surface area contributed by atoms with Gasteiger partial charge in [0.15, 0.2) is 0 Å². The van der Waals surface area contributed by atoms with E-state index in [0.29, 0.717) is 5.92 Å². The van der Waals surface area contributed by atoms with Crippen LogP contribution < -0.4 is 10.6 Å². The van der Waals surface area contributed by atoms with E-state index in [0.717, 1.165) is 13.0 Å². The lowest BCUT2D eigenvalue weighted by atomic mass is 10.0. The Labute approximate surface area is 71.9 Å². The Bertz CT molecular complexity index is 209. The number of carbonyl (C=O) groups excluding carboxylic acids is 1. The van der Waals surface area contributed by atoms with Gasteiger partial charge in [-0.2, -0.15) is 5.26 Å². The van der Waals surface area contributed by atoms with Gasteiger partial charge in [0.05, 0.1) is 12.1 Å². The third-order valence-electron chi connectivity index (χ3n) is 2.16. The molecule has 4 nitrogen and oxygen atoms in total. The van der Waals surface area contributed by atoms with Crippen molar-refractivity contribution in [1.29, 1.82) is 5.26 Å². The van der Waals surface area contributed by atoms with Gasteiger partial charge in [-0.15, -0.1) is 0 Å². The van der Waals surface area contributed by atoms with Gasteiger partial charge in [-0.25, -0.2) is 0 Å². The number of hydrogen-bond donors (Lipinski definition) is 2. The maximum atomic E-state index is 11.3. The topological polar surface area (TPSA) is 64.9 Å². The fourth-order valence-corrected chi connectivity index (χ4v) is 1.42. The third kappa shape index (κ3) is 1.95. The summed E-state index contributed by atoms with van der Waals surface area (Å²) in [5.41, 5.74) is 0. The normalized spacial score (nSPS) is 28.0. The van der Waals surface area contributed by atoms with Gasteiger partial charge in [-0.05, 0) is 18.9 Å². The van der Waals surface area contributed by atoms with E-state index in [1.165, 1.54) is 0 Å². The van der Waals surface area contributed by atoms with Crippen LogP contribution in [0.3, 0.4) is 0 Å². The van der Waals surface area contributed by atoms with E-state index in [1.54, 1.807) is 0 Å². The smallest absolute Gasteiger partial charge is 0.238 e. The number of carbonyl (C=O) groups is 1. The van der Waals surface area contributed by atoms with E-state index >= 15 is 0 Å². The zero-order valence-electron chi connectivity index (χ0n) is 7.13. The van der Waals surface area contributed by atoms with Crippen LogP contribution in [0.2, 0.25) is 0 Å². The molecular weight excluding hydrogens is 154 g/mol. The third-order valence-corrected chi connectivity index (χ3v) is 2.16. The Kier molecular flexibility index (Phi) is 3.06. The van der Waals surface area contributed by atoms with E-state index in [2.05, 4.69) is 10.6 Å². The lowest BCUT2D eigenvalue weighted by Gasteiger charge is -2.13. The summed E-state index contributed by atoms with van der Waals surface area (Å²) < 4.78 is 0. The van der Waals surface area contributed by atoms with Gasteiger partial charge in [0.1, 0.15) is 6.54 Å². The van der Waals surface area contributed by atoms with Crippen LogP contribution in [0, 0.1) is 17.2 Å². The van der Waals surface area contributed by atoms with Crippen LogP contribution >= 0.6 is 0 Å². The highest BCUT2D eigenvalue weighted by molar-refractivity contribution is 5.82. The molecule has 1 heterocycles. The van der Waals surface area contributed by atoms with Gasteiger partial charge in [0.2, 0.25) is 5.91 Å². The fraction of sp³-hybridized carbons (Fsp3) is 0.750. The molecule has 1 aliphatic heterocycles. The summed E-state index contributed by atoms with van der Waals surface area (Å²) >= 11 is 0. The van der Waals surface area contributed by atoms with Crippen molar-refractivity contribution in [2.75, 3.05) is 13.1 Å². The molecule has 12 heavy (non-hydrogen) atoms. The summed E-state index contributed by atoms with van der Waals surface area (Å²) in [7, 11) is 0. The Morgan fingerprint density at radius 1 is 1.83 bits per heavy atom. The minimum Gasteiger partial charge on any atom is -0.342 e. The van der Waals surface area contributed by atoms with Crippen molar-refractivity contribution in [2.45, 2.75) is 19.4 Å². The molecule has 4 heteroatoms. The van der Waals surface area contributed by atoms with Crippen LogP contribution in [0.4, 0.5) is 0 Å². The molecule has 0 aromatic rings. The van der Waals surface area contributed by atoms with Crippen LogP contribution in [0.25, 0.3) is 0 Å². The maximum Gasteiger partial charge on any atom is 0.238 e. The van der Waals surface area contributed by atoms with Gasteiger partial charge < -0.3 is 10.6 Å². The number of rotatable bonds is 2. The van der Waals surface area contributed by atoms with Gasteiger partial charge in [0.25, 0.3) is 0 Å². The molecule has 0 bridgehead atoms. The van der Waals surface area contributed by atoms with Crippen molar-refractivity contribution in [3.05, 3.63) is 0 Å². The van der Waals surface area contributed by atoms with E-state index in [1.807, 2.05) is 13.0 Å². The standard InChI is InChI=1S/C8H13N3O/c1-6-2-4-10-7(6)8(12)11-5-3-9/h6-7,10H,2,4-5H2,1H3,(H,11,12). The van der Waals surface area contributed by atoms with E-state index < -0.39 is 0 Å². The summed E-state index contributed by atoms with van der Waals surface area (Å²) in [5.74, 6) is 0.324. The van der Waals surface area contributed by atoms with Crippen LogP contribution in [0.5, 0.6) is 0 Å². The molecule has 2 unspecified atom stereocenters. The van der Waals surface area contributed by atoms with Crippen molar-refractivity contribution < 1.29 is 4.79 Å². The molecule has 1 amide bonds. The number of nitriles is 1. The second kappa shape index (κ2) is 4.07. The zero-order valence-corrected chi connectivity index (χ0v) is 7.13. The Morgan fingerprint density at radius 2 is 2.58 bits per heavy atom. The van der Waals surface area contributed by atoms with Gasteiger partial charge in [-0.3, -0.25) is 4.79 Å². The zero-order chi connectivity index (χ0) is 8.97. The van der Waals surface area contributed by atoms with Crippen molar-refractivity contribution in [2.24, 2.45) is 5.92 Å². The minimum atomic E-state index is -0.0988. The quantitative estimate of drug-likeness (QED) is 0.551. The maximum absolute atomic E-state index is 11.3. The van der Waals surface area contributed by atoms with Crippen LogP contribution in [-0.2, 0) is 4.79 Å². The van der Waals surface area contributed by atoms with E-state index in [-0.39, 0.29) is 18.5 Å². The molecule has 2 atom stereocenters. The molecule has 2 N–H and O–H groups in total. The highest BCUT2D eigenvalue weighted by Crippen LogP contribution is 2.13. The summed E-state index contributed by atoms with van der Waals surface area (Å²) in [6, 6.07) is 1.78. The second-order valence-corrected chi connectivity index (χ2v) is 3.07. The van der Waals surface area contributed by atoms with Gasteiger partial charge in [0, 0.05) is 0 Å². The first-order valence-corrected chi connectivity index (χ1v) is 4.13. The number of amides is 1. The van der Waals surface area contributed by atoms with Crippen molar-refractivity contribution in [1.82, 2.24) is 10.6 Å². The van der Waals surface area contributed by atoms with Crippen LogP contribution in [0.1, 0.15) is 13.3 Å². The lowest BCUT2D eigenvalue weighted by Crippen LogP contribution is -2.43. The monoisotopic (exact) mass is 167 g/mol. The van der Waals surface area contributed by atoms with Gasteiger partial charge in [-0.1, -0.05) is 6.92 Å². The van der Waals surface area contributed by atoms with Crippen LogP contribution in [-0.4, -0.2) is 25.0 Å². The first-order chi connectivity index (χ1) is 5.75. The average molecular weight is 167 g/mol. The number of nitrogens with zero attached hydrogens (tertiary/aromatic N) is 1. The van der Waals surface area contributed by atoms with Crippen molar-refractivity contribution in [3.63, 3.8) is 0 Å². The summed E-state index contributed by atoms with van der Waals surface area (Å²) in [6.07, 6.45) is 1.03. The van der Waals surface area contributed by atoms with E-state index in [4.69, 9.17) is 5.26 Å². The predicted octanol–water partition coefficient (Wildman–Crippen LogP) is -0.376. The molecular formula is C8H13N3O. The SMILES string of the molecule is CC1CCNC1C(=O)NCC#N. The number of hydrogen-bond acceptors (Lipinski definition) is 3. The number of nitrogens with one attached hydrogen (secondary N) is 2. The van der Waals surface area contributed by atoms with Crippen molar-refractivity contribution in [3.8, 4) is 6.07 Å². The molecule has 1 rings (SSSR count). The first kappa shape index (κ1) is 9.01. The van der Waals surface area contributed by atoms with Crippen molar-refractivity contribution >= 4 is 5.91 Å². The molecule has 0 radical (unpaired) electrons. The highest BCUT2D eigenvalue weighted by atomic mass is 16.2. The fourth-order valence-electron chi connectivity index (χ4n) is 1.42. The van der Waals surface area contributed by atoms with Gasteiger partial charge >= 0.3 is 0 Å². The summed E-state index contributed by atoms with van der Waals surface area (Å²) in [6.45, 7) is 3.03. The second-order valence-electron chi connectivity index (χ2n) is 3.07. The molecule has 1 aliphatic rings. The predicted molar refractivity (Wildman–Crippen MR) is 44.2 cm³/mol. The average Bonchev–Trinajstić information content (AvgIpc) is 2.47. The molecule has 1 fully saturated rings. The Balaban J connectivity index is 2.37. The largest absolute Gasteiger partial charge is 0.342 e. The molecule has 66 valence electrons. The molecule has 0 saturated carbocycles. The molecule has 1 saturated heterocycles. The van der Waals surface area contributed by atoms with Crippen LogP contribution in [0.15, 0.2) is 0 Å². The lowest BCUT2D eigenvalue weighted by molar-refractivity contribution is -0.123. The molecule has 0 aromatic heterocycles. The highest BCUT2D eigenvalue weighted by Gasteiger charge is 2.28. The first-order valence-electron chi connectivity index (χ1n) is 4.13. The summed E-state index contributed by atoms with van der Waals surface area (Å²) in [5, 5.41) is 13.9. The molecule has 0 aromatic carbocycles. The Morgan fingerprint density at radius 3 is 3.08 bits per heavy atom. The van der Waals surface area contributed by atoms with E-state index in [9.17, 15) is 4.79 Å². The summed E-state index contributed by atoms with van der Waals surface area (Å²) in [4.78, 5) is 11.3. The minimum absolute atomic E-state index is 0.0541. The molecule has 0 aliphatic carbocycles.